The van der Waals surface area contributed by atoms with Crippen molar-refractivity contribution >= 4 is 23.2 Å². The predicted molar refractivity (Wildman–Crippen MR) is 125 cm³/mol. The van der Waals surface area contributed by atoms with E-state index in [0.717, 1.165) is 0 Å². The lowest BCUT2D eigenvalue weighted by Gasteiger charge is -2.16. The summed E-state index contributed by atoms with van der Waals surface area (Å²) in [4.78, 5) is 39.8. The molecule has 3 rings (SSSR count). The van der Waals surface area contributed by atoms with Crippen LogP contribution in [0.15, 0.2) is 45.6 Å². The number of fused-ring (bicyclic) bond motifs is 1. The van der Waals surface area contributed by atoms with Gasteiger partial charge in [-0.15, -0.1) is 0 Å². The highest BCUT2D eigenvalue weighted by Crippen LogP contribution is 2.35. The molecule has 10 nitrogen and oxygen atoms in total. The third kappa shape index (κ3) is 5.06. The number of hydrogen-bond donors (Lipinski definition) is 1. The van der Waals surface area contributed by atoms with Gasteiger partial charge >= 0.3 is 12.2 Å². The normalized spacial score (nSPS) is 10.6. The van der Waals surface area contributed by atoms with Crippen LogP contribution in [-0.4, -0.2) is 61.4 Å². The number of benzene rings is 2. The number of amides is 2. The Kier molecular flexibility index (Phi) is 7.30. The second-order valence-corrected chi connectivity index (χ2v) is 7.42. The molecule has 10 heteroatoms. The number of carbonyl (C=O) groups excluding carboxylic acids is 2. The smallest absolute Gasteiger partial charge is 0.415 e. The Morgan fingerprint density at radius 2 is 1.59 bits per heavy atom. The molecule has 0 aliphatic rings. The highest BCUT2D eigenvalue weighted by atomic mass is 16.6. The van der Waals surface area contributed by atoms with Crippen molar-refractivity contribution < 1.29 is 33.3 Å². The van der Waals surface area contributed by atoms with Gasteiger partial charge < -0.3 is 33.5 Å². The second kappa shape index (κ2) is 10.2. The molecular formula is C24H26N2O8. The number of phenolic OH excluding ortho intramolecular Hbond substituents is 1. The largest absolute Gasteiger partial charge is 0.507 e. The summed E-state index contributed by atoms with van der Waals surface area (Å²) in [6, 6.07) is 8.44. The molecule has 1 N–H and O–H groups in total. The molecule has 0 radical (unpaired) electrons. The van der Waals surface area contributed by atoms with Crippen molar-refractivity contribution in [3.05, 3.63) is 46.6 Å². The van der Waals surface area contributed by atoms with Crippen LogP contribution in [0.25, 0.3) is 22.3 Å². The Hall–Kier alpha value is -4.21. The van der Waals surface area contributed by atoms with Crippen molar-refractivity contribution in [2.75, 3.05) is 34.3 Å². The van der Waals surface area contributed by atoms with E-state index < -0.39 is 17.6 Å². The summed E-state index contributed by atoms with van der Waals surface area (Å²) in [5.74, 6) is 0.238. The van der Waals surface area contributed by atoms with Crippen molar-refractivity contribution in [1.29, 1.82) is 0 Å². The summed E-state index contributed by atoms with van der Waals surface area (Å²) in [6.07, 6.45) is -1.20. The van der Waals surface area contributed by atoms with Crippen molar-refractivity contribution in [2.24, 2.45) is 0 Å². The van der Waals surface area contributed by atoms with Crippen LogP contribution in [0.3, 0.4) is 0 Å². The van der Waals surface area contributed by atoms with Gasteiger partial charge in [-0.05, 0) is 32.0 Å². The second-order valence-electron chi connectivity index (χ2n) is 7.42. The summed E-state index contributed by atoms with van der Waals surface area (Å²) in [5, 5.41) is 10.3. The van der Waals surface area contributed by atoms with E-state index >= 15 is 0 Å². The molecule has 1 aromatic heterocycles. The fourth-order valence-electron chi connectivity index (χ4n) is 2.96. The molecule has 0 spiro atoms. The predicted octanol–water partition coefficient (Wildman–Crippen LogP) is 4.08. The lowest BCUT2D eigenvalue weighted by molar-refractivity contribution is 0.163. The monoisotopic (exact) mass is 470 g/mol. The molecule has 3 aromatic rings. The minimum Gasteiger partial charge on any atom is -0.507 e. The molecule has 0 unspecified atom stereocenters. The van der Waals surface area contributed by atoms with Crippen LogP contribution in [0, 0.1) is 0 Å². The molecule has 0 saturated carbocycles. The van der Waals surface area contributed by atoms with Crippen LogP contribution in [-0.2, 0) is 0 Å². The first-order chi connectivity index (χ1) is 16.2. The van der Waals surface area contributed by atoms with E-state index in [9.17, 15) is 19.5 Å². The fourth-order valence-corrected chi connectivity index (χ4v) is 2.96. The zero-order chi connectivity index (χ0) is 25.0. The minimum atomic E-state index is -0.626. The Labute approximate surface area is 195 Å². The van der Waals surface area contributed by atoms with Gasteiger partial charge in [-0.25, -0.2) is 9.59 Å². The van der Waals surface area contributed by atoms with Crippen LogP contribution in [0.4, 0.5) is 9.59 Å². The van der Waals surface area contributed by atoms with Crippen molar-refractivity contribution in [1.82, 2.24) is 9.80 Å². The van der Waals surface area contributed by atoms with Gasteiger partial charge in [-0.2, -0.15) is 0 Å². The van der Waals surface area contributed by atoms with Crippen LogP contribution in [0.5, 0.6) is 23.0 Å². The van der Waals surface area contributed by atoms with Crippen molar-refractivity contribution in [2.45, 2.75) is 13.8 Å². The maximum absolute atomic E-state index is 12.7. The molecule has 0 atom stereocenters. The zero-order valence-electron chi connectivity index (χ0n) is 19.6. The van der Waals surface area contributed by atoms with E-state index in [1.165, 1.54) is 41.2 Å². The molecule has 2 amide bonds. The molecule has 34 heavy (non-hydrogen) atoms. The highest BCUT2D eigenvalue weighted by molar-refractivity contribution is 5.87. The zero-order valence-corrected chi connectivity index (χ0v) is 19.6. The van der Waals surface area contributed by atoms with Gasteiger partial charge in [0.05, 0.1) is 7.11 Å². The Morgan fingerprint density at radius 3 is 2.21 bits per heavy atom. The van der Waals surface area contributed by atoms with Crippen LogP contribution < -0.4 is 19.6 Å². The average Bonchev–Trinajstić information content (AvgIpc) is 2.82. The van der Waals surface area contributed by atoms with Crippen LogP contribution in [0.2, 0.25) is 0 Å². The summed E-state index contributed by atoms with van der Waals surface area (Å²) >= 11 is 0. The van der Waals surface area contributed by atoms with E-state index in [1.54, 1.807) is 40.1 Å². The van der Waals surface area contributed by atoms with Gasteiger partial charge in [0.2, 0.25) is 0 Å². The summed E-state index contributed by atoms with van der Waals surface area (Å²) in [7, 11) is 4.59. The number of nitrogens with zero attached hydrogens (tertiary/aromatic N) is 2. The number of carbonyl (C=O) groups is 2. The first kappa shape index (κ1) is 24.4. The Morgan fingerprint density at radius 1 is 0.941 bits per heavy atom. The lowest BCUT2D eigenvalue weighted by Crippen LogP contribution is -2.29. The minimum absolute atomic E-state index is 0.0163. The number of rotatable bonds is 6. The fraction of sp³-hybridized carbons (Fsp3) is 0.292. The van der Waals surface area contributed by atoms with E-state index in [-0.39, 0.29) is 34.0 Å². The van der Waals surface area contributed by atoms with Crippen molar-refractivity contribution in [3.63, 3.8) is 0 Å². The molecule has 0 aliphatic carbocycles. The van der Waals surface area contributed by atoms with E-state index in [2.05, 4.69) is 0 Å². The molecule has 1 heterocycles. The quantitative estimate of drug-likeness (QED) is 0.573. The summed E-state index contributed by atoms with van der Waals surface area (Å²) in [5.41, 5.74) is -0.0590. The third-order valence-electron chi connectivity index (χ3n) is 5.21. The maximum atomic E-state index is 12.7. The number of methoxy groups -OCH3 is 1. The number of aromatic hydroxyl groups is 1. The van der Waals surface area contributed by atoms with Gasteiger partial charge in [0.1, 0.15) is 28.2 Å². The van der Waals surface area contributed by atoms with E-state index in [0.29, 0.717) is 24.4 Å². The molecule has 0 bridgehead atoms. The molecule has 0 saturated heterocycles. The molecule has 0 fully saturated rings. The summed E-state index contributed by atoms with van der Waals surface area (Å²) in [6.45, 7) is 4.46. The average molecular weight is 470 g/mol. The Balaban J connectivity index is 2.06. The van der Waals surface area contributed by atoms with Gasteiger partial charge in [0.25, 0.3) is 0 Å². The van der Waals surface area contributed by atoms with Gasteiger partial charge in [-0.3, -0.25) is 4.79 Å². The summed E-state index contributed by atoms with van der Waals surface area (Å²) < 4.78 is 21.8. The van der Waals surface area contributed by atoms with Crippen LogP contribution in [0.1, 0.15) is 13.8 Å². The first-order valence-corrected chi connectivity index (χ1v) is 10.5. The molecular weight excluding hydrogens is 444 g/mol. The number of ether oxygens (including phenoxy) is 3. The lowest BCUT2D eigenvalue weighted by atomic mass is 10.1. The molecule has 0 aliphatic heterocycles. The SMILES string of the molecule is CCN(C)C(=O)Oc1cc(O)c2c(=O)cc(-c3ccc(OC)c(OC(=O)N(C)CC)c3)oc2c1. The van der Waals surface area contributed by atoms with Gasteiger partial charge in [-0.1, -0.05) is 0 Å². The maximum Gasteiger partial charge on any atom is 0.415 e. The van der Waals surface area contributed by atoms with Crippen molar-refractivity contribution in [3.8, 4) is 34.3 Å². The molecule has 180 valence electrons. The first-order valence-electron chi connectivity index (χ1n) is 10.5. The van der Waals surface area contributed by atoms with Gasteiger partial charge in [0.15, 0.2) is 16.9 Å². The Bertz CT molecular complexity index is 1280. The highest BCUT2D eigenvalue weighted by Gasteiger charge is 2.18. The standard InChI is InChI=1S/C24H26N2O8/c1-6-25(3)23(29)32-15-11-16(27)22-17(28)13-19(33-21(22)12-15)14-8-9-18(31-5)20(10-14)34-24(30)26(4)7-2/h8-13,27H,6-7H2,1-5H3. The van der Waals surface area contributed by atoms with Gasteiger partial charge in [0, 0.05) is 50.9 Å². The van der Waals surface area contributed by atoms with Crippen LogP contribution >= 0.6 is 0 Å². The van der Waals surface area contributed by atoms with E-state index in [1.807, 2.05) is 0 Å². The topological polar surface area (TPSA) is 119 Å². The molecule has 2 aromatic carbocycles. The van der Waals surface area contributed by atoms with E-state index in [4.69, 9.17) is 18.6 Å². The third-order valence-corrected chi connectivity index (χ3v) is 5.21. The number of phenols is 1. The number of hydrogen-bond acceptors (Lipinski definition) is 8.